The van der Waals surface area contributed by atoms with Crippen LogP contribution in [0.1, 0.15) is 5.56 Å². The SMILES string of the molecule is N=C(/C=C(\Nc1ccc(N)cc1)c1ccccc1Cl)C(F)(F)F. The molecule has 0 heterocycles. The number of anilines is 2. The fourth-order valence-electron chi connectivity index (χ4n) is 1.81. The molecule has 2 aromatic rings. The second-order valence-corrected chi connectivity index (χ2v) is 5.10. The summed E-state index contributed by atoms with van der Waals surface area (Å²) >= 11 is 6.06. The van der Waals surface area contributed by atoms with Crippen LogP contribution in [0.2, 0.25) is 5.02 Å². The van der Waals surface area contributed by atoms with Gasteiger partial charge in [0.15, 0.2) is 0 Å². The van der Waals surface area contributed by atoms with Crippen LogP contribution >= 0.6 is 11.6 Å². The van der Waals surface area contributed by atoms with Crippen LogP contribution in [-0.4, -0.2) is 11.9 Å². The van der Waals surface area contributed by atoms with Crippen molar-refractivity contribution in [3.8, 4) is 0 Å². The number of nitrogen functional groups attached to an aromatic ring is 1. The fraction of sp³-hybridized carbons (Fsp3) is 0.0625. The number of alkyl halides is 3. The number of nitrogens with two attached hydrogens (primary N) is 1. The largest absolute Gasteiger partial charge is 0.432 e. The third-order valence-electron chi connectivity index (χ3n) is 2.95. The first kappa shape index (κ1) is 16.9. The van der Waals surface area contributed by atoms with Crippen LogP contribution in [0.25, 0.3) is 5.70 Å². The number of nitrogens with one attached hydrogen (secondary N) is 2. The third-order valence-corrected chi connectivity index (χ3v) is 3.28. The van der Waals surface area contributed by atoms with Crippen molar-refractivity contribution in [1.82, 2.24) is 0 Å². The Bertz CT molecular complexity index is 737. The minimum Gasteiger partial charge on any atom is -0.399 e. The molecule has 2 aromatic carbocycles. The van der Waals surface area contributed by atoms with Gasteiger partial charge >= 0.3 is 6.18 Å². The van der Waals surface area contributed by atoms with Crippen molar-refractivity contribution in [1.29, 1.82) is 5.41 Å². The lowest BCUT2D eigenvalue weighted by atomic mass is 10.1. The van der Waals surface area contributed by atoms with Crippen molar-refractivity contribution in [2.45, 2.75) is 6.18 Å². The summed E-state index contributed by atoms with van der Waals surface area (Å²) in [4.78, 5) is 0. The number of hydrogen-bond acceptors (Lipinski definition) is 3. The van der Waals surface area contributed by atoms with Gasteiger partial charge in [-0.3, -0.25) is 5.41 Å². The predicted molar refractivity (Wildman–Crippen MR) is 87.7 cm³/mol. The molecule has 7 heteroatoms. The highest BCUT2D eigenvalue weighted by Crippen LogP contribution is 2.27. The quantitative estimate of drug-likeness (QED) is 0.544. The van der Waals surface area contributed by atoms with Crippen molar-refractivity contribution in [3.05, 3.63) is 65.2 Å². The number of hydrogen-bond donors (Lipinski definition) is 3. The van der Waals surface area contributed by atoms with E-state index >= 15 is 0 Å². The molecule has 0 saturated carbocycles. The zero-order valence-electron chi connectivity index (χ0n) is 11.8. The molecule has 120 valence electrons. The Kier molecular flexibility index (Phi) is 4.95. The van der Waals surface area contributed by atoms with Gasteiger partial charge in [-0.05, 0) is 36.4 Å². The molecule has 2 rings (SSSR count). The molecule has 3 nitrogen and oxygen atoms in total. The van der Waals surface area contributed by atoms with Gasteiger partial charge in [-0.25, -0.2) is 0 Å². The van der Waals surface area contributed by atoms with Crippen molar-refractivity contribution in [2.75, 3.05) is 11.1 Å². The van der Waals surface area contributed by atoms with E-state index in [0.29, 0.717) is 23.0 Å². The minimum absolute atomic E-state index is 0.0719. The summed E-state index contributed by atoms with van der Waals surface area (Å²) in [7, 11) is 0. The molecule has 0 fully saturated rings. The molecule has 0 bridgehead atoms. The smallest absolute Gasteiger partial charge is 0.399 e. The van der Waals surface area contributed by atoms with Crippen LogP contribution < -0.4 is 11.1 Å². The first-order valence-corrected chi connectivity index (χ1v) is 6.90. The van der Waals surface area contributed by atoms with Crippen molar-refractivity contribution < 1.29 is 13.2 Å². The first-order chi connectivity index (χ1) is 10.8. The Morgan fingerprint density at radius 3 is 2.26 bits per heavy atom. The standard InChI is InChI=1S/C16H13ClF3N3/c17-13-4-2-1-3-12(13)14(9-15(22)16(18,19)20)23-11-7-5-10(21)6-8-11/h1-9,22-23H,21H2/b14-9-,22-15?. The van der Waals surface area contributed by atoms with Crippen molar-refractivity contribution >= 4 is 34.4 Å². The zero-order chi connectivity index (χ0) is 17.0. The maximum absolute atomic E-state index is 12.7. The molecule has 0 aromatic heterocycles. The lowest BCUT2D eigenvalue weighted by Gasteiger charge is -2.14. The Morgan fingerprint density at radius 1 is 1.09 bits per heavy atom. The fourth-order valence-corrected chi connectivity index (χ4v) is 2.05. The molecule has 0 atom stereocenters. The van der Waals surface area contributed by atoms with Crippen LogP contribution in [0.15, 0.2) is 54.6 Å². The molecule has 0 radical (unpaired) electrons. The highest BCUT2D eigenvalue weighted by molar-refractivity contribution is 6.32. The highest BCUT2D eigenvalue weighted by atomic mass is 35.5. The second kappa shape index (κ2) is 6.75. The van der Waals surface area contributed by atoms with E-state index in [1.165, 1.54) is 0 Å². The van der Waals surface area contributed by atoms with Gasteiger partial charge in [-0.2, -0.15) is 13.2 Å². The maximum Gasteiger partial charge on any atom is 0.432 e. The van der Waals surface area contributed by atoms with Gasteiger partial charge in [-0.15, -0.1) is 0 Å². The van der Waals surface area contributed by atoms with E-state index in [1.54, 1.807) is 48.5 Å². The van der Waals surface area contributed by atoms with Crippen LogP contribution in [0.5, 0.6) is 0 Å². The average Bonchev–Trinajstić information content (AvgIpc) is 2.48. The number of allylic oxidation sites excluding steroid dienone is 1. The summed E-state index contributed by atoms with van der Waals surface area (Å²) in [6.07, 6.45) is -4.03. The van der Waals surface area contributed by atoms with Crippen LogP contribution in [0.4, 0.5) is 24.5 Å². The van der Waals surface area contributed by atoms with Crippen LogP contribution in [0.3, 0.4) is 0 Å². The molecule has 0 aliphatic heterocycles. The van der Waals surface area contributed by atoms with E-state index in [2.05, 4.69) is 5.32 Å². The summed E-state index contributed by atoms with van der Waals surface area (Å²) in [5, 5.41) is 10.3. The summed E-state index contributed by atoms with van der Waals surface area (Å²) in [5.41, 5.74) is 5.60. The number of benzene rings is 2. The molecule has 0 aliphatic rings. The van der Waals surface area contributed by atoms with Crippen LogP contribution in [-0.2, 0) is 0 Å². The Hall–Kier alpha value is -2.47. The topological polar surface area (TPSA) is 61.9 Å². The summed E-state index contributed by atoms with van der Waals surface area (Å²) in [5.74, 6) is 0. The molecular formula is C16H13ClF3N3. The lowest BCUT2D eigenvalue weighted by Crippen LogP contribution is -2.20. The van der Waals surface area contributed by atoms with E-state index in [9.17, 15) is 13.2 Å². The van der Waals surface area contributed by atoms with Gasteiger partial charge in [0.1, 0.15) is 5.71 Å². The van der Waals surface area contributed by atoms with E-state index in [1.807, 2.05) is 0 Å². The molecule has 0 aliphatic carbocycles. The third kappa shape index (κ3) is 4.50. The Balaban J connectivity index is 2.43. The van der Waals surface area contributed by atoms with Crippen molar-refractivity contribution in [3.63, 3.8) is 0 Å². The molecule has 0 spiro atoms. The van der Waals surface area contributed by atoms with Crippen molar-refractivity contribution in [2.24, 2.45) is 0 Å². The zero-order valence-corrected chi connectivity index (χ0v) is 12.5. The van der Waals surface area contributed by atoms with Gasteiger partial charge in [0, 0.05) is 27.7 Å². The summed E-state index contributed by atoms with van der Waals surface area (Å²) in [6, 6.07) is 12.9. The average molecular weight is 340 g/mol. The second-order valence-electron chi connectivity index (χ2n) is 4.70. The monoisotopic (exact) mass is 339 g/mol. The normalized spacial score (nSPS) is 12.1. The van der Waals surface area contributed by atoms with Gasteiger partial charge in [0.2, 0.25) is 0 Å². The molecule has 0 amide bonds. The predicted octanol–water partition coefficient (Wildman–Crippen LogP) is 4.96. The van der Waals surface area contributed by atoms with E-state index in [-0.39, 0.29) is 10.7 Å². The highest BCUT2D eigenvalue weighted by Gasteiger charge is 2.33. The minimum atomic E-state index is -4.74. The number of rotatable bonds is 4. The Labute approximate surface area is 136 Å². The summed E-state index contributed by atoms with van der Waals surface area (Å²) < 4.78 is 38.0. The summed E-state index contributed by atoms with van der Waals surface area (Å²) in [6.45, 7) is 0. The van der Waals surface area contributed by atoms with E-state index in [4.69, 9.17) is 22.7 Å². The molecular weight excluding hydrogens is 327 g/mol. The van der Waals surface area contributed by atoms with Gasteiger partial charge in [-0.1, -0.05) is 29.8 Å². The molecule has 0 saturated heterocycles. The molecule has 23 heavy (non-hydrogen) atoms. The van der Waals surface area contributed by atoms with Gasteiger partial charge in [0.25, 0.3) is 0 Å². The van der Waals surface area contributed by atoms with Crippen LogP contribution in [0, 0.1) is 5.41 Å². The van der Waals surface area contributed by atoms with E-state index in [0.717, 1.165) is 0 Å². The lowest BCUT2D eigenvalue weighted by molar-refractivity contribution is -0.0583. The molecule has 4 N–H and O–H groups in total. The van der Waals surface area contributed by atoms with E-state index < -0.39 is 11.9 Å². The number of halogens is 4. The van der Waals surface area contributed by atoms with Gasteiger partial charge < -0.3 is 11.1 Å². The molecule has 0 unspecified atom stereocenters. The first-order valence-electron chi connectivity index (χ1n) is 6.52. The van der Waals surface area contributed by atoms with Gasteiger partial charge in [0.05, 0.1) is 0 Å². The maximum atomic E-state index is 12.7. The Morgan fingerprint density at radius 2 is 1.70 bits per heavy atom.